The first-order valence-electron chi connectivity index (χ1n) is 12.5. The van der Waals surface area contributed by atoms with Crippen molar-refractivity contribution >= 4 is 22.6 Å². The fraction of sp³-hybridized carbons (Fsp3) is 0.640. The van der Waals surface area contributed by atoms with Crippen LogP contribution in [0.5, 0.6) is 0 Å². The Labute approximate surface area is 202 Å². The number of carbonyl (C=O) groups excluding carboxylic acids is 1. The van der Waals surface area contributed by atoms with Gasteiger partial charge in [0.05, 0.1) is 23.7 Å². The van der Waals surface area contributed by atoms with Gasteiger partial charge >= 0.3 is 6.18 Å². The van der Waals surface area contributed by atoms with Crippen molar-refractivity contribution in [1.29, 1.82) is 0 Å². The van der Waals surface area contributed by atoms with Gasteiger partial charge in [-0.1, -0.05) is 0 Å². The van der Waals surface area contributed by atoms with Crippen molar-refractivity contribution in [2.24, 2.45) is 11.8 Å². The zero-order valence-electron chi connectivity index (χ0n) is 19.7. The molecule has 0 atom stereocenters. The molecule has 2 N–H and O–H groups in total. The quantitative estimate of drug-likeness (QED) is 0.639. The fourth-order valence-corrected chi connectivity index (χ4v) is 5.84. The van der Waals surface area contributed by atoms with Gasteiger partial charge in [0, 0.05) is 37.7 Å². The van der Waals surface area contributed by atoms with Crippen molar-refractivity contribution in [1.82, 2.24) is 20.2 Å². The van der Waals surface area contributed by atoms with Gasteiger partial charge in [-0.15, -0.1) is 0 Å². The minimum absolute atomic E-state index is 0.0604. The lowest BCUT2D eigenvalue weighted by Crippen LogP contribution is -2.63. The molecule has 7 nitrogen and oxygen atoms in total. The Morgan fingerprint density at radius 2 is 1.74 bits per heavy atom. The Kier molecular flexibility index (Phi) is 7.11. The van der Waals surface area contributed by atoms with E-state index in [9.17, 15) is 18.0 Å². The van der Waals surface area contributed by atoms with Crippen molar-refractivity contribution in [2.45, 2.75) is 56.8 Å². The van der Waals surface area contributed by atoms with E-state index in [0.29, 0.717) is 11.6 Å². The first kappa shape index (κ1) is 24.2. The Hall–Kier alpha value is -2.46. The molecular weight excluding hydrogens is 459 g/mol. The van der Waals surface area contributed by atoms with E-state index < -0.39 is 11.7 Å². The van der Waals surface area contributed by atoms with E-state index in [1.807, 2.05) is 0 Å². The number of benzene rings is 1. The zero-order chi connectivity index (χ0) is 24.4. The van der Waals surface area contributed by atoms with Crippen LogP contribution in [0.25, 0.3) is 10.9 Å². The smallest absolute Gasteiger partial charge is 0.381 e. The molecule has 1 aromatic heterocycles. The summed E-state index contributed by atoms with van der Waals surface area (Å²) in [6.45, 7) is 3.46. The summed E-state index contributed by atoms with van der Waals surface area (Å²) in [7, 11) is 0. The second kappa shape index (κ2) is 10.3. The van der Waals surface area contributed by atoms with Crippen LogP contribution < -0.4 is 10.6 Å². The molecule has 1 saturated carbocycles. The number of nitrogens with zero attached hydrogens (tertiary/aromatic N) is 3. The molecule has 0 unspecified atom stereocenters. The van der Waals surface area contributed by atoms with Gasteiger partial charge in [-0.25, -0.2) is 9.97 Å². The van der Waals surface area contributed by atoms with Crippen molar-refractivity contribution in [2.75, 3.05) is 38.2 Å². The first-order valence-corrected chi connectivity index (χ1v) is 12.5. The first-order chi connectivity index (χ1) is 16.9. The molecule has 1 aromatic carbocycles. The zero-order valence-corrected chi connectivity index (χ0v) is 19.7. The molecule has 3 aliphatic rings. The maximum Gasteiger partial charge on any atom is 0.416 e. The second-order valence-electron chi connectivity index (χ2n) is 10.0. The van der Waals surface area contributed by atoms with Crippen LogP contribution in [0.4, 0.5) is 19.0 Å². The average Bonchev–Trinajstić information content (AvgIpc) is 2.84. The summed E-state index contributed by atoms with van der Waals surface area (Å²) in [6.07, 6.45) is 4.25. The molecule has 10 heteroatoms. The third kappa shape index (κ3) is 5.69. The normalized spacial score (nSPS) is 24.8. The number of carbonyl (C=O) groups is 1. The number of likely N-dealkylation sites (tertiary alicyclic amines) is 1. The molecule has 0 spiro atoms. The summed E-state index contributed by atoms with van der Waals surface area (Å²) in [5, 5.41) is 6.13. The predicted molar refractivity (Wildman–Crippen MR) is 126 cm³/mol. The van der Waals surface area contributed by atoms with Gasteiger partial charge in [0.25, 0.3) is 0 Å². The Morgan fingerprint density at radius 3 is 2.46 bits per heavy atom. The van der Waals surface area contributed by atoms with Gasteiger partial charge in [0.1, 0.15) is 12.1 Å². The molecule has 1 amide bonds. The lowest BCUT2D eigenvalue weighted by molar-refractivity contribution is -0.137. The van der Waals surface area contributed by atoms with Gasteiger partial charge in [0.15, 0.2) is 0 Å². The highest BCUT2D eigenvalue weighted by Crippen LogP contribution is 2.37. The van der Waals surface area contributed by atoms with Crippen molar-refractivity contribution in [3.63, 3.8) is 0 Å². The molecule has 2 aliphatic heterocycles. The van der Waals surface area contributed by atoms with Crippen LogP contribution in [0, 0.1) is 11.8 Å². The number of hydrogen-bond acceptors (Lipinski definition) is 6. The maximum absolute atomic E-state index is 13.1. The standard InChI is InChI=1S/C25H32F3N5O2/c26-25(27,28)18-3-6-22-21(11-18)24(31-15-30-22)29-12-23(34)32-19-13-33(14-19)20-4-1-16(2-5-20)17-7-9-35-10-8-17/h3,6,11,15-17,19-20H,1-2,4-5,7-10,12-14H2,(H,32,34)(H,29,30,31)/t16-,20-. The maximum atomic E-state index is 13.1. The number of alkyl halides is 3. The van der Waals surface area contributed by atoms with E-state index in [1.54, 1.807) is 0 Å². The molecule has 1 aliphatic carbocycles. The number of amides is 1. The molecule has 0 radical (unpaired) electrons. The fourth-order valence-electron chi connectivity index (χ4n) is 5.84. The van der Waals surface area contributed by atoms with Crippen LogP contribution in [0.2, 0.25) is 0 Å². The van der Waals surface area contributed by atoms with Crippen LogP contribution in [0.3, 0.4) is 0 Å². The number of anilines is 1. The lowest BCUT2D eigenvalue weighted by atomic mass is 9.74. The number of aromatic nitrogens is 2. The van der Waals surface area contributed by atoms with Crippen LogP contribution >= 0.6 is 0 Å². The second-order valence-corrected chi connectivity index (χ2v) is 10.0. The summed E-state index contributed by atoms with van der Waals surface area (Å²) in [5.74, 6) is 1.68. The minimum atomic E-state index is -4.46. The van der Waals surface area contributed by atoms with Gasteiger partial charge in [-0.05, 0) is 68.6 Å². The van der Waals surface area contributed by atoms with E-state index in [0.717, 1.165) is 50.3 Å². The van der Waals surface area contributed by atoms with E-state index in [2.05, 4.69) is 25.5 Å². The molecule has 0 bridgehead atoms. The number of hydrogen-bond donors (Lipinski definition) is 2. The van der Waals surface area contributed by atoms with E-state index in [-0.39, 0.29) is 29.7 Å². The van der Waals surface area contributed by atoms with Crippen LogP contribution in [-0.2, 0) is 15.7 Å². The van der Waals surface area contributed by atoms with E-state index >= 15 is 0 Å². The Balaban J connectivity index is 1.06. The number of nitrogens with one attached hydrogen (secondary N) is 2. The molecule has 3 heterocycles. The molecule has 190 valence electrons. The number of rotatable bonds is 6. The average molecular weight is 492 g/mol. The molecule has 2 saturated heterocycles. The van der Waals surface area contributed by atoms with Gasteiger partial charge in [-0.3, -0.25) is 9.69 Å². The van der Waals surface area contributed by atoms with Crippen LogP contribution in [0.15, 0.2) is 24.5 Å². The van der Waals surface area contributed by atoms with Crippen molar-refractivity contribution in [3.8, 4) is 0 Å². The number of fused-ring (bicyclic) bond motifs is 1. The van der Waals surface area contributed by atoms with Gasteiger partial charge in [0.2, 0.25) is 5.91 Å². The summed E-state index contributed by atoms with van der Waals surface area (Å²) < 4.78 is 44.8. The summed E-state index contributed by atoms with van der Waals surface area (Å²) in [6, 6.07) is 4.02. The van der Waals surface area contributed by atoms with Crippen LogP contribution in [-0.4, -0.2) is 65.7 Å². The van der Waals surface area contributed by atoms with Gasteiger partial charge in [-0.2, -0.15) is 13.2 Å². The molecule has 35 heavy (non-hydrogen) atoms. The molecular formula is C25H32F3N5O2. The lowest BCUT2D eigenvalue weighted by Gasteiger charge is -2.47. The van der Waals surface area contributed by atoms with E-state index in [1.165, 1.54) is 50.9 Å². The summed E-state index contributed by atoms with van der Waals surface area (Å²) in [5.41, 5.74) is -0.388. The predicted octanol–water partition coefficient (Wildman–Crippen LogP) is 3.85. The summed E-state index contributed by atoms with van der Waals surface area (Å²) in [4.78, 5) is 23.0. The third-order valence-electron chi connectivity index (χ3n) is 7.84. The van der Waals surface area contributed by atoms with Crippen LogP contribution in [0.1, 0.15) is 44.1 Å². The number of halogens is 3. The number of ether oxygens (including phenoxy) is 1. The Morgan fingerprint density at radius 1 is 1.03 bits per heavy atom. The van der Waals surface area contributed by atoms with Crippen molar-refractivity contribution in [3.05, 3.63) is 30.1 Å². The van der Waals surface area contributed by atoms with Gasteiger partial charge < -0.3 is 15.4 Å². The highest BCUT2D eigenvalue weighted by molar-refractivity contribution is 5.91. The molecule has 2 aromatic rings. The molecule has 3 fully saturated rings. The largest absolute Gasteiger partial charge is 0.416 e. The monoisotopic (exact) mass is 491 g/mol. The molecule has 5 rings (SSSR count). The minimum Gasteiger partial charge on any atom is -0.381 e. The van der Waals surface area contributed by atoms with Crippen molar-refractivity contribution < 1.29 is 22.7 Å². The Bertz CT molecular complexity index is 1030. The van der Waals surface area contributed by atoms with E-state index in [4.69, 9.17) is 4.74 Å². The highest BCUT2D eigenvalue weighted by atomic mass is 19.4. The third-order valence-corrected chi connectivity index (χ3v) is 7.84. The highest BCUT2D eigenvalue weighted by Gasteiger charge is 2.37. The topological polar surface area (TPSA) is 79.4 Å². The summed E-state index contributed by atoms with van der Waals surface area (Å²) >= 11 is 0. The SMILES string of the molecule is O=C(CNc1ncnc2ccc(C(F)(F)F)cc12)NC1CN([C@H]2CC[C@H](C3CCOCC3)CC2)C1.